The van der Waals surface area contributed by atoms with Gasteiger partial charge in [0.25, 0.3) is 0 Å². The van der Waals surface area contributed by atoms with Gasteiger partial charge in [0, 0.05) is 56.1 Å². The molecule has 0 spiro atoms. The molecule has 1 aromatic heterocycles. The molecule has 0 saturated carbocycles. The van der Waals surface area contributed by atoms with Crippen molar-refractivity contribution in [2.45, 2.75) is 20.8 Å². The van der Waals surface area contributed by atoms with Crippen molar-refractivity contribution in [2.75, 3.05) is 38.1 Å². The highest BCUT2D eigenvalue weighted by Crippen LogP contribution is 2.21. The van der Waals surface area contributed by atoms with Gasteiger partial charge in [0.2, 0.25) is 0 Å². The zero-order valence-electron chi connectivity index (χ0n) is 14.4. The second-order valence-corrected chi connectivity index (χ2v) is 5.74. The third-order valence-corrected chi connectivity index (χ3v) is 4.22. The molecule has 120 valence electrons. The van der Waals surface area contributed by atoms with E-state index in [1.807, 2.05) is 44.6 Å². The van der Waals surface area contributed by atoms with Gasteiger partial charge in [-0.2, -0.15) is 0 Å². The van der Waals surface area contributed by atoms with Crippen LogP contribution in [0.5, 0.6) is 0 Å². The van der Waals surface area contributed by atoms with Crippen LogP contribution in [0.3, 0.4) is 0 Å². The summed E-state index contributed by atoms with van der Waals surface area (Å²) in [5.41, 5.74) is 3.16. The van der Waals surface area contributed by atoms with Gasteiger partial charge in [0.1, 0.15) is 0 Å². The van der Waals surface area contributed by atoms with Crippen molar-refractivity contribution in [1.29, 1.82) is 0 Å². The first-order valence-electron chi connectivity index (χ1n) is 8.10. The highest BCUT2D eigenvalue weighted by Gasteiger charge is 2.15. The number of fused-ring (bicyclic) bond motifs is 1. The number of aryl methyl sites for hydroxylation is 2. The minimum absolute atomic E-state index is 0.142. The predicted octanol–water partition coefficient (Wildman–Crippen LogP) is 2.62. The Morgan fingerprint density at radius 1 is 1.00 bits per heavy atom. The number of rotatable bonds is 1. The molecule has 1 fully saturated rings. The molecule has 4 heteroatoms. The Morgan fingerprint density at radius 3 is 2.27 bits per heavy atom. The summed E-state index contributed by atoms with van der Waals surface area (Å²) in [6.45, 7) is 10.1. The SMILES string of the molecule is CC.Cc1cn(C)c2cc(N3CCN(C)CC3)ccc2c1=O. The number of hydrogen-bond donors (Lipinski definition) is 0. The lowest BCUT2D eigenvalue weighted by Gasteiger charge is -2.34. The summed E-state index contributed by atoms with van der Waals surface area (Å²) in [5.74, 6) is 0. The summed E-state index contributed by atoms with van der Waals surface area (Å²) in [6.07, 6.45) is 1.92. The fraction of sp³-hybridized carbons (Fsp3) is 0.500. The molecule has 1 aliphatic heterocycles. The minimum atomic E-state index is 0.142. The van der Waals surface area contributed by atoms with Crippen molar-refractivity contribution in [3.63, 3.8) is 0 Å². The van der Waals surface area contributed by atoms with Crippen LogP contribution in [0.15, 0.2) is 29.2 Å². The molecule has 0 unspecified atom stereocenters. The van der Waals surface area contributed by atoms with Crippen LogP contribution in [0, 0.1) is 6.92 Å². The standard InChI is InChI=1S/C16H21N3O.C2H6/c1-12-11-18(3)15-10-13(4-5-14(15)16(12)20)19-8-6-17(2)7-9-19;1-2/h4-5,10-11H,6-9H2,1-3H3;1-2H3. The van der Waals surface area contributed by atoms with Gasteiger partial charge in [0.05, 0.1) is 5.52 Å². The lowest BCUT2D eigenvalue weighted by atomic mass is 10.1. The van der Waals surface area contributed by atoms with E-state index in [0.717, 1.165) is 42.6 Å². The van der Waals surface area contributed by atoms with E-state index in [1.165, 1.54) is 5.69 Å². The highest BCUT2D eigenvalue weighted by atomic mass is 16.1. The Kier molecular flexibility index (Phi) is 5.24. The Morgan fingerprint density at radius 2 is 1.64 bits per heavy atom. The molecule has 2 heterocycles. The summed E-state index contributed by atoms with van der Waals surface area (Å²) in [4.78, 5) is 16.9. The fourth-order valence-corrected chi connectivity index (χ4v) is 2.90. The third kappa shape index (κ3) is 3.17. The van der Waals surface area contributed by atoms with Gasteiger partial charge >= 0.3 is 0 Å². The van der Waals surface area contributed by atoms with E-state index in [2.05, 4.69) is 29.0 Å². The second kappa shape index (κ2) is 6.97. The number of anilines is 1. The summed E-state index contributed by atoms with van der Waals surface area (Å²) in [7, 11) is 4.16. The monoisotopic (exact) mass is 301 g/mol. The van der Waals surface area contributed by atoms with E-state index in [0.29, 0.717) is 0 Å². The molecule has 0 bridgehead atoms. The van der Waals surface area contributed by atoms with Crippen molar-refractivity contribution in [1.82, 2.24) is 9.47 Å². The van der Waals surface area contributed by atoms with Gasteiger partial charge in [-0.05, 0) is 32.2 Å². The van der Waals surface area contributed by atoms with E-state index in [1.54, 1.807) is 0 Å². The lowest BCUT2D eigenvalue weighted by Crippen LogP contribution is -2.44. The van der Waals surface area contributed by atoms with Gasteiger partial charge in [0.15, 0.2) is 5.43 Å². The van der Waals surface area contributed by atoms with Crippen LogP contribution in [-0.2, 0) is 7.05 Å². The van der Waals surface area contributed by atoms with Gasteiger partial charge in [-0.15, -0.1) is 0 Å². The molecule has 1 aliphatic rings. The molecule has 2 aromatic rings. The summed E-state index contributed by atoms with van der Waals surface area (Å²) < 4.78 is 2.05. The van der Waals surface area contributed by atoms with Crippen molar-refractivity contribution in [3.8, 4) is 0 Å². The Hall–Kier alpha value is -1.81. The maximum Gasteiger partial charge on any atom is 0.192 e. The van der Waals surface area contributed by atoms with Gasteiger partial charge < -0.3 is 14.4 Å². The molecule has 22 heavy (non-hydrogen) atoms. The topological polar surface area (TPSA) is 28.5 Å². The third-order valence-electron chi connectivity index (χ3n) is 4.22. The molecule has 1 aromatic carbocycles. The van der Waals surface area contributed by atoms with E-state index >= 15 is 0 Å². The molecule has 4 nitrogen and oxygen atoms in total. The zero-order chi connectivity index (χ0) is 16.3. The van der Waals surface area contributed by atoms with E-state index in [9.17, 15) is 4.79 Å². The van der Waals surface area contributed by atoms with Crippen molar-refractivity contribution in [3.05, 3.63) is 40.2 Å². The molecule has 0 radical (unpaired) electrons. The zero-order valence-corrected chi connectivity index (χ0v) is 14.4. The van der Waals surface area contributed by atoms with E-state index in [-0.39, 0.29) is 5.43 Å². The predicted molar refractivity (Wildman–Crippen MR) is 95.0 cm³/mol. The van der Waals surface area contributed by atoms with Crippen LogP contribution in [0.1, 0.15) is 19.4 Å². The van der Waals surface area contributed by atoms with Gasteiger partial charge in [-0.25, -0.2) is 0 Å². The highest BCUT2D eigenvalue weighted by molar-refractivity contribution is 5.83. The van der Waals surface area contributed by atoms with Crippen LogP contribution in [-0.4, -0.2) is 42.7 Å². The molecule has 0 atom stereocenters. The molecular formula is C18H27N3O. The number of hydrogen-bond acceptors (Lipinski definition) is 3. The summed E-state index contributed by atoms with van der Waals surface area (Å²) in [6, 6.07) is 6.19. The molecule has 1 saturated heterocycles. The summed E-state index contributed by atoms with van der Waals surface area (Å²) in [5, 5.41) is 0.811. The van der Waals surface area contributed by atoms with Gasteiger partial charge in [-0.3, -0.25) is 4.79 Å². The Labute approximate surface area is 133 Å². The smallest absolute Gasteiger partial charge is 0.192 e. The maximum absolute atomic E-state index is 12.2. The average Bonchev–Trinajstić information content (AvgIpc) is 2.55. The maximum atomic E-state index is 12.2. The first-order valence-corrected chi connectivity index (χ1v) is 8.10. The van der Waals surface area contributed by atoms with Crippen molar-refractivity contribution >= 4 is 16.6 Å². The largest absolute Gasteiger partial charge is 0.369 e. The van der Waals surface area contributed by atoms with Gasteiger partial charge in [-0.1, -0.05) is 13.8 Å². The minimum Gasteiger partial charge on any atom is -0.369 e. The molecular weight excluding hydrogens is 274 g/mol. The normalized spacial score (nSPS) is 15.6. The van der Waals surface area contributed by atoms with E-state index < -0.39 is 0 Å². The number of aromatic nitrogens is 1. The number of likely N-dealkylation sites (N-methyl/N-ethyl adjacent to an activating group) is 1. The molecule has 0 amide bonds. The van der Waals surface area contributed by atoms with Crippen LogP contribution < -0.4 is 10.3 Å². The quantitative estimate of drug-likeness (QED) is 0.810. The number of pyridine rings is 1. The number of nitrogens with zero attached hydrogens (tertiary/aromatic N) is 3. The van der Waals surface area contributed by atoms with Crippen LogP contribution in [0.4, 0.5) is 5.69 Å². The van der Waals surface area contributed by atoms with Crippen molar-refractivity contribution < 1.29 is 0 Å². The lowest BCUT2D eigenvalue weighted by molar-refractivity contribution is 0.313. The fourth-order valence-electron chi connectivity index (χ4n) is 2.90. The first kappa shape index (κ1) is 16.6. The number of benzene rings is 1. The van der Waals surface area contributed by atoms with Crippen LogP contribution in [0.2, 0.25) is 0 Å². The Balaban J connectivity index is 0.000000847. The first-order chi connectivity index (χ1) is 10.6. The average molecular weight is 301 g/mol. The van der Waals surface area contributed by atoms with Crippen LogP contribution in [0.25, 0.3) is 10.9 Å². The van der Waals surface area contributed by atoms with Crippen LogP contribution >= 0.6 is 0 Å². The molecule has 0 N–H and O–H groups in total. The van der Waals surface area contributed by atoms with Crippen molar-refractivity contribution in [2.24, 2.45) is 7.05 Å². The number of piperazine rings is 1. The molecule has 3 rings (SSSR count). The second-order valence-electron chi connectivity index (χ2n) is 5.74. The molecule has 0 aliphatic carbocycles. The Bertz CT molecular complexity index is 697. The van der Waals surface area contributed by atoms with E-state index in [4.69, 9.17) is 0 Å². The summed E-state index contributed by atoms with van der Waals surface area (Å²) >= 11 is 0.